The molecule has 0 radical (unpaired) electrons. The van der Waals surface area contributed by atoms with Gasteiger partial charge in [0.1, 0.15) is 5.78 Å². The van der Waals surface area contributed by atoms with Crippen molar-refractivity contribution in [3.8, 4) is 0 Å². The molecule has 0 N–H and O–H groups in total. The molecule has 0 aliphatic carbocycles. The average Bonchev–Trinajstić information content (AvgIpc) is 2.06. The van der Waals surface area contributed by atoms with Crippen LogP contribution in [0, 0.1) is 10.5 Å². The van der Waals surface area contributed by atoms with Gasteiger partial charge in [-0.05, 0) is 36.4 Å². The highest BCUT2D eigenvalue weighted by Crippen LogP contribution is 2.00. The highest BCUT2D eigenvalue weighted by Gasteiger charge is 2.05. The predicted octanol–water partition coefficient (Wildman–Crippen LogP) is 0.745. The van der Waals surface area contributed by atoms with E-state index in [0.717, 1.165) is 0 Å². The molecule has 0 unspecified atom stereocenters. The first-order valence-corrected chi connectivity index (χ1v) is 4.81. The number of nitrogens with zero attached hydrogens (tertiary/aromatic N) is 2. The molecule has 0 amide bonds. The molecule has 0 fully saturated rings. The molecular weight excluding hydrogens is 283 g/mol. The lowest BCUT2D eigenvalue weighted by atomic mass is 10.4. The predicted molar refractivity (Wildman–Crippen MR) is 56.6 cm³/mol. The van der Waals surface area contributed by atoms with Crippen LogP contribution in [-0.2, 0) is 11.3 Å². The number of aryl methyl sites for hydroxylation is 1. The van der Waals surface area contributed by atoms with E-state index in [-0.39, 0.29) is 17.9 Å². The van der Waals surface area contributed by atoms with Crippen molar-refractivity contribution in [2.24, 2.45) is 0 Å². The number of carbonyl (C=O) groups is 1. The lowest BCUT2D eigenvalue weighted by molar-refractivity contribution is -0.117. The summed E-state index contributed by atoms with van der Waals surface area (Å²) >= 11 is 1.93. The molecule has 0 aliphatic rings. The van der Waals surface area contributed by atoms with Gasteiger partial charge in [0.2, 0.25) is 0 Å². The van der Waals surface area contributed by atoms with E-state index in [0.29, 0.717) is 9.26 Å². The topological polar surface area (TPSA) is 52.0 Å². The van der Waals surface area contributed by atoms with Crippen LogP contribution in [0.15, 0.2) is 11.1 Å². The molecule has 1 aromatic rings. The Morgan fingerprint density at radius 3 is 2.85 bits per heavy atom. The van der Waals surface area contributed by atoms with Crippen molar-refractivity contribution in [2.45, 2.75) is 20.4 Å². The number of hydrogen-bond acceptors (Lipinski definition) is 3. The zero-order chi connectivity index (χ0) is 10.0. The minimum atomic E-state index is -0.150. The summed E-state index contributed by atoms with van der Waals surface area (Å²) in [6.07, 6.45) is 1.40. The van der Waals surface area contributed by atoms with E-state index in [1.165, 1.54) is 17.8 Å². The fourth-order valence-corrected chi connectivity index (χ4v) is 1.35. The van der Waals surface area contributed by atoms with Crippen LogP contribution in [0.25, 0.3) is 0 Å². The summed E-state index contributed by atoms with van der Waals surface area (Å²) in [5, 5.41) is 0. The number of hydrogen-bond donors (Lipinski definition) is 0. The van der Waals surface area contributed by atoms with Gasteiger partial charge in [-0.3, -0.25) is 14.2 Å². The summed E-state index contributed by atoms with van der Waals surface area (Å²) in [4.78, 5) is 26.3. The molecule has 0 aliphatic heterocycles. The van der Waals surface area contributed by atoms with E-state index in [1.807, 2.05) is 22.6 Å². The lowest BCUT2D eigenvalue weighted by Gasteiger charge is -2.03. The number of ketones is 1. The van der Waals surface area contributed by atoms with Crippen LogP contribution in [0.4, 0.5) is 0 Å². The number of halogens is 1. The van der Waals surface area contributed by atoms with Gasteiger partial charge in [0, 0.05) is 0 Å². The molecule has 0 saturated heterocycles. The Hall–Kier alpha value is -0.720. The Morgan fingerprint density at radius 2 is 2.31 bits per heavy atom. The van der Waals surface area contributed by atoms with Gasteiger partial charge in [-0.25, -0.2) is 4.98 Å². The van der Waals surface area contributed by atoms with Gasteiger partial charge in [-0.2, -0.15) is 0 Å². The van der Waals surface area contributed by atoms with Gasteiger partial charge in [0.05, 0.1) is 22.1 Å². The van der Waals surface area contributed by atoms with Crippen LogP contribution in [0.3, 0.4) is 0 Å². The molecule has 0 spiro atoms. The van der Waals surface area contributed by atoms with Crippen molar-refractivity contribution in [3.05, 3.63) is 25.9 Å². The number of carbonyl (C=O) groups excluding carboxylic acids is 1. The number of rotatable bonds is 2. The lowest BCUT2D eigenvalue weighted by Crippen LogP contribution is -2.26. The highest BCUT2D eigenvalue weighted by atomic mass is 127. The zero-order valence-electron chi connectivity index (χ0n) is 7.37. The average molecular weight is 292 g/mol. The smallest absolute Gasteiger partial charge is 0.267 e. The van der Waals surface area contributed by atoms with E-state index in [9.17, 15) is 9.59 Å². The largest absolute Gasteiger partial charge is 0.298 e. The van der Waals surface area contributed by atoms with E-state index in [2.05, 4.69) is 4.98 Å². The van der Waals surface area contributed by atoms with Gasteiger partial charge in [0.15, 0.2) is 0 Å². The molecule has 0 atom stereocenters. The van der Waals surface area contributed by atoms with Gasteiger partial charge in [-0.1, -0.05) is 0 Å². The fourth-order valence-electron chi connectivity index (χ4n) is 0.899. The fraction of sp³-hybridized carbons (Fsp3) is 0.375. The standard InChI is InChI=1S/C8H9IN2O2/c1-5(12)3-11-4-10-6(2)7(9)8(11)13/h4H,3H2,1-2H3. The molecule has 0 aromatic carbocycles. The Bertz CT molecular complexity index is 398. The SMILES string of the molecule is CC(=O)Cn1cnc(C)c(I)c1=O. The van der Waals surface area contributed by atoms with Crippen molar-refractivity contribution >= 4 is 28.4 Å². The summed E-state index contributed by atoms with van der Waals surface area (Å²) in [6.45, 7) is 3.31. The summed E-state index contributed by atoms with van der Waals surface area (Å²) in [7, 11) is 0. The minimum absolute atomic E-state index is 0.0523. The molecule has 0 bridgehead atoms. The molecule has 13 heavy (non-hydrogen) atoms. The quantitative estimate of drug-likeness (QED) is 0.756. The summed E-state index contributed by atoms with van der Waals surface area (Å²) in [5.74, 6) is -0.0523. The minimum Gasteiger partial charge on any atom is -0.298 e. The Labute approximate surface area is 89.1 Å². The summed E-state index contributed by atoms with van der Waals surface area (Å²) in [5.41, 5.74) is 0.550. The first-order chi connectivity index (χ1) is 6.02. The van der Waals surface area contributed by atoms with Crippen LogP contribution in [-0.4, -0.2) is 15.3 Å². The third-order valence-corrected chi connectivity index (χ3v) is 2.79. The zero-order valence-corrected chi connectivity index (χ0v) is 9.53. The summed E-state index contributed by atoms with van der Waals surface area (Å²) < 4.78 is 1.89. The van der Waals surface area contributed by atoms with Crippen molar-refractivity contribution < 1.29 is 4.79 Å². The Morgan fingerprint density at radius 1 is 1.69 bits per heavy atom. The normalized spacial score (nSPS) is 10.1. The van der Waals surface area contributed by atoms with Crippen LogP contribution < -0.4 is 5.56 Å². The maximum Gasteiger partial charge on any atom is 0.267 e. The molecule has 1 heterocycles. The molecule has 0 saturated carbocycles. The molecular formula is C8H9IN2O2. The van der Waals surface area contributed by atoms with E-state index in [1.54, 1.807) is 6.92 Å². The number of aromatic nitrogens is 2. The first kappa shape index (κ1) is 10.4. The molecule has 70 valence electrons. The van der Waals surface area contributed by atoms with Crippen LogP contribution >= 0.6 is 22.6 Å². The van der Waals surface area contributed by atoms with Gasteiger partial charge < -0.3 is 0 Å². The second-order valence-corrected chi connectivity index (χ2v) is 3.86. The van der Waals surface area contributed by atoms with Crippen molar-refractivity contribution in [1.29, 1.82) is 0 Å². The maximum absolute atomic E-state index is 11.5. The van der Waals surface area contributed by atoms with E-state index >= 15 is 0 Å². The van der Waals surface area contributed by atoms with Crippen LogP contribution in [0.5, 0.6) is 0 Å². The monoisotopic (exact) mass is 292 g/mol. The van der Waals surface area contributed by atoms with Crippen LogP contribution in [0.1, 0.15) is 12.6 Å². The van der Waals surface area contributed by atoms with Gasteiger partial charge >= 0.3 is 0 Å². The van der Waals surface area contributed by atoms with E-state index < -0.39 is 0 Å². The highest BCUT2D eigenvalue weighted by molar-refractivity contribution is 14.1. The molecule has 5 heteroatoms. The Balaban J connectivity index is 3.19. The first-order valence-electron chi connectivity index (χ1n) is 3.73. The van der Waals surface area contributed by atoms with Gasteiger partial charge in [0.25, 0.3) is 5.56 Å². The summed E-state index contributed by atoms with van der Waals surface area (Å²) in [6, 6.07) is 0. The Kier molecular flexibility index (Phi) is 3.18. The maximum atomic E-state index is 11.5. The number of Topliss-reactive ketones (excluding diaryl/α,β-unsaturated/α-hetero) is 1. The second-order valence-electron chi connectivity index (χ2n) is 2.78. The molecule has 4 nitrogen and oxygen atoms in total. The van der Waals surface area contributed by atoms with Crippen molar-refractivity contribution in [2.75, 3.05) is 0 Å². The third kappa shape index (κ3) is 2.36. The molecule has 1 rings (SSSR count). The molecule has 1 aromatic heterocycles. The van der Waals surface area contributed by atoms with Crippen molar-refractivity contribution in [3.63, 3.8) is 0 Å². The van der Waals surface area contributed by atoms with Crippen molar-refractivity contribution in [1.82, 2.24) is 9.55 Å². The second kappa shape index (κ2) is 3.99. The van der Waals surface area contributed by atoms with Crippen LogP contribution in [0.2, 0.25) is 0 Å². The third-order valence-electron chi connectivity index (χ3n) is 1.55. The van der Waals surface area contributed by atoms with E-state index in [4.69, 9.17) is 0 Å². The van der Waals surface area contributed by atoms with Gasteiger partial charge in [-0.15, -0.1) is 0 Å².